The Balaban J connectivity index is 1.85. The van der Waals surface area contributed by atoms with E-state index in [0.29, 0.717) is 31.0 Å². The number of hydrogen-bond donors (Lipinski definition) is 2. The fourth-order valence-corrected chi connectivity index (χ4v) is 2.50. The number of fused-ring (bicyclic) bond motifs is 1. The van der Waals surface area contributed by atoms with Crippen molar-refractivity contribution in [2.75, 3.05) is 6.54 Å². The molecule has 0 heterocycles. The van der Waals surface area contributed by atoms with Crippen molar-refractivity contribution in [2.24, 2.45) is 0 Å². The molecule has 0 spiro atoms. The van der Waals surface area contributed by atoms with E-state index in [-0.39, 0.29) is 5.82 Å². The minimum absolute atomic E-state index is 0.181. The molecule has 1 aromatic carbocycles. The van der Waals surface area contributed by atoms with Crippen LogP contribution in [0.25, 0.3) is 0 Å². The minimum Gasteiger partial charge on any atom is -0.384 e. The molecule has 1 unspecified atom stereocenters. The van der Waals surface area contributed by atoms with Crippen LogP contribution in [0.4, 0.5) is 4.39 Å². The van der Waals surface area contributed by atoms with E-state index in [0.717, 1.165) is 5.56 Å². The average molecular weight is 221 g/mol. The van der Waals surface area contributed by atoms with Gasteiger partial charge >= 0.3 is 0 Å². The van der Waals surface area contributed by atoms with Crippen molar-refractivity contribution in [3.05, 3.63) is 35.1 Å². The predicted molar refractivity (Wildman–Crippen MR) is 59.6 cm³/mol. The fraction of sp³-hybridized carbons (Fsp3) is 0.538. The van der Waals surface area contributed by atoms with E-state index in [1.165, 1.54) is 18.9 Å². The largest absolute Gasteiger partial charge is 0.384 e. The summed E-state index contributed by atoms with van der Waals surface area (Å²) in [5, 5.41) is 13.8. The summed E-state index contributed by atoms with van der Waals surface area (Å²) >= 11 is 0. The van der Waals surface area contributed by atoms with Crippen molar-refractivity contribution in [3.8, 4) is 0 Å². The Hall–Kier alpha value is -0.930. The van der Waals surface area contributed by atoms with Crippen LogP contribution in [0.5, 0.6) is 0 Å². The molecular weight excluding hydrogens is 205 g/mol. The number of halogens is 1. The van der Waals surface area contributed by atoms with E-state index in [9.17, 15) is 9.50 Å². The quantitative estimate of drug-likeness (QED) is 0.814. The Morgan fingerprint density at radius 1 is 1.44 bits per heavy atom. The van der Waals surface area contributed by atoms with Gasteiger partial charge in [-0.2, -0.15) is 0 Å². The summed E-state index contributed by atoms with van der Waals surface area (Å²) in [6.45, 7) is 0.550. The Morgan fingerprint density at radius 2 is 2.25 bits per heavy atom. The molecule has 3 heteroatoms. The van der Waals surface area contributed by atoms with E-state index >= 15 is 0 Å². The van der Waals surface area contributed by atoms with Crippen LogP contribution in [-0.4, -0.2) is 17.7 Å². The molecule has 2 aliphatic carbocycles. The molecule has 0 aromatic heterocycles. The van der Waals surface area contributed by atoms with Gasteiger partial charge in [0.1, 0.15) is 11.4 Å². The lowest BCUT2D eigenvalue weighted by atomic mass is 9.96. The van der Waals surface area contributed by atoms with Crippen molar-refractivity contribution in [3.63, 3.8) is 0 Å². The third kappa shape index (κ3) is 1.64. The smallest absolute Gasteiger partial charge is 0.126 e. The molecule has 1 aromatic rings. The second-order valence-corrected chi connectivity index (χ2v) is 4.95. The SMILES string of the molecule is OC1(CNC2CC2)CCc2c(F)cccc21. The Morgan fingerprint density at radius 3 is 3.00 bits per heavy atom. The minimum atomic E-state index is -0.861. The number of aliphatic hydroxyl groups is 1. The molecule has 1 saturated carbocycles. The molecule has 0 amide bonds. The molecule has 0 saturated heterocycles. The van der Waals surface area contributed by atoms with Crippen molar-refractivity contribution in [1.29, 1.82) is 0 Å². The first-order valence-corrected chi connectivity index (χ1v) is 5.93. The normalized spacial score (nSPS) is 28.1. The van der Waals surface area contributed by atoms with Gasteiger partial charge < -0.3 is 10.4 Å². The van der Waals surface area contributed by atoms with Crippen LogP contribution in [-0.2, 0) is 12.0 Å². The topological polar surface area (TPSA) is 32.3 Å². The summed E-state index contributed by atoms with van der Waals surface area (Å²) in [4.78, 5) is 0. The van der Waals surface area contributed by atoms with Crippen LogP contribution in [0, 0.1) is 5.82 Å². The summed E-state index contributed by atoms with van der Waals surface area (Å²) in [5.74, 6) is -0.181. The van der Waals surface area contributed by atoms with Crippen LogP contribution < -0.4 is 5.32 Å². The van der Waals surface area contributed by atoms with Gasteiger partial charge in [0.05, 0.1) is 0 Å². The van der Waals surface area contributed by atoms with Gasteiger partial charge in [-0.15, -0.1) is 0 Å². The van der Waals surface area contributed by atoms with Crippen LogP contribution in [0.15, 0.2) is 18.2 Å². The first kappa shape index (κ1) is 10.2. The number of rotatable bonds is 3. The van der Waals surface area contributed by atoms with E-state index in [4.69, 9.17) is 0 Å². The Labute approximate surface area is 94.5 Å². The standard InChI is InChI=1S/C13H16FNO/c14-12-3-1-2-11-10(12)6-7-13(11,16)8-15-9-4-5-9/h1-3,9,15-16H,4-8H2. The predicted octanol–water partition coefficient (Wildman–Crippen LogP) is 1.71. The maximum Gasteiger partial charge on any atom is 0.126 e. The zero-order valence-electron chi connectivity index (χ0n) is 9.17. The zero-order chi connectivity index (χ0) is 11.2. The van der Waals surface area contributed by atoms with Crippen LogP contribution >= 0.6 is 0 Å². The van der Waals surface area contributed by atoms with Gasteiger partial charge in [-0.1, -0.05) is 12.1 Å². The third-order valence-corrected chi connectivity index (χ3v) is 3.67. The van der Waals surface area contributed by atoms with Crippen molar-refractivity contribution in [2.45, 2.75) is 37.3 Å². The summed E-state index contributed by atoms with van der Waals surface area (Å²) in [7, 11) is 0. The first-order valence-electron chi connectivity index (χ1n) is 5.93. The molecular formula is C13H16FNO. The fourth-order valence-electron chi connectivity index (χ4n) is 2.50. The highest BCUT2D eigenvalue weighted by molar-refractivity contribution is 5.38. The maximum atomic E-state index is 13.5. The maximum absolute atomic E-state index is 13.5. The van der Waals surface area contributed by atoms with Crippen molar-refractivity contribution in [1.82, 2.24) is 5.32 Å². The van der Waals surface area contributed by atoms with E-state index in [1.807, 2.05) is 6.07 Å². The molecule has 2 aliphatic rings. The molecule has 1 fully saturated rings. The van der Waals surface area contributed by atoms with Crippen LogP contribution in [0.2, 0.25) is 0 Å². The molecule has 86 valence electrons. The first-order chi connectivity index (χ1) is 7.69. The lowest BCUT2D eigenvalue weighted by Crippen LogP contribution is -2.37. The average Bonchev–Trinajstić information content (AvgIpc) is 3.03. The van der Waals surface area contributed by atoms with Crippen LogP contribution in [0.3, 0.4) is 0 Å². The van der Waals surface area contributed by atoms with Crippen molar-refractivity contribution < 1.29 is 9.50 Å². The number of benzene rings is 1. The van der Waals surface area contributed by atoms with Gasteiger partial charge in [0, 0.05) is 12.6 Å². The monoisotopic (exact) mass is 221 g/mol. The van der Waals surface area contributed by atoms with Gasteiger partial charge in [0.25, 0.3) is 0 Å². The van der Waals surface area contributed by atoms with E-state index < -0.39 is 5.60 Å². The molecule has 1 atom stereocenters. The summed E-state index contributed by atoms with van der Waals surface area (Å²) < 4.78 is 13.5. The second kappa shape index (κ2) is 3.54. The lowest BCUT2D eigenvalue weighted by molar-refractivity contribution is 0.0383. The number of nitrogens with one attached hydrogen (secondary N) is 1. The van der Waals surface area contributed by atoms with Gasteiger partial charge in [0.15, 0.2) is 0 Å². The summed E-state index contributed by atoms with van der Waals surface area (Å²) in [5.41, 5.74) is 0.614. The lowest BCUT2D eigenvalue weighted by Gasteiger charge is -2.24. The summed E-state index contributed by atoms with van der Waals surface area (Å²) in [6, 6.07) is 5.57. The number of hydrogen-bond acceptors (Lipinski definition) is 2. The highest BCUT2D eigenvalue weighted by Crippen LogP contribution is 2.38. The Kier molecular flexibility index (Phi) is 2.26. The second-order valence-electron chi connectivity index (χ2n) is 4.95. The van der Waals surface area contributed by atoms with E-state index in [2.05, 4.69) is 5.32 Å². The van der Waals surface area contributed by atoms with E-state index in [1.54, 1.807) is 6.07 Å². The molecule has 0 bridgehead atoms. The Bertz CT molecular complexity index is 416. The van der Waals surface area contributed by atoms with Gasteiger partial charge in [-0.05, 0) is 42.9 Å². The molecule has 0 radical (unpaired) electrons. The highest BCUT2D eigenvalue weighted by atomic mass is 19.1. The van der Waals surface area contributed by atoms with Crippen LogP contribution in [0.1, 0.15) is 30.4 Å². The molecule has 2 nitrogen and oxygen atoms in total. The summed E-state index contributed by atoms with van der Waals surface area (Å²) in [6.07, 6.45) is 3.67. The third-order valence-electron chi connectivity index (χ3n) is 3.67. The molecule has 0 aliphatic heterocycles. The van der Waals surface area contributed by atoms with Gasteiger partial charge in [-0.3, -0.25) is 0 Å². The molecule has 16 heavy (non-hydrogen) atoms. The van der Waals surface area contributed by atoms with Gasteiger partial charge in [-0.25, -0.2) is 4.39 Å². The molecule has 3 rings (SSSR count). The van der Waals surface area contributed by atoms with Gasteiger partial charge in [0.2, 0.25) is 0 Å². The van der Waals surface area contributed by atoms with Crippen molar-refractivity contribution >= 4 is 0 Å². The molecule has 2 N–H and O–H groups in total. The zero-order valence-corrected chi connectivity index (χ0v) is 9.17. The highest BCUT2D eigenvalue weighted by Gasteiger charge is 2.38.